The molecule has 0 fully saturated rings. The van der Waals surface area contributed by atoms with Gasteiger partial charge in [0.2, 0.25) is 5.88 Å². The lowest BCUT2D eigenvalue weighted by atomic mass is 10.1. The molecule has 3 rings (SSSR count). The molecule has 2 aromatic rings. The second kappa shape index (κ2) is 2.39. The molecule has 1 N–H and O–H groups in total. The highest BCUT2D eigenvalue weighted by molar-refractivity contribution is 5.73. The van der Waals surface area contributed by atoms with Crippen LogP contribution in [0.15, 0.2) is 27.5 Å². The van der Waals surface area contributed by atoms with E-state index < -0.39 is 0 Å². The van der Waals surface area contributed by atoms with Gasteiger partial charge >= 0.3 is 0 Å². The minimum Gasteiger partial charge on any atom is -0.448 e. The zero-order chi connectivity index (χ0) is 8.67. The molecule has 0 radical (unpaired) electrons. The van der Waals surface area contributed by atoms with Crippen LogP contribution in [0.2, 0.25) is 0 Å². The zero-order valence-electron chi connectivity index (χ0n) is 6.91. The first kappa shape index (κ1) is 6.77. The summed E-state index contributed by atoms with van der Waals surface area (Å²) in [6.07, 6.45) is 4.33. The Kier molecular flexibility index (Phi) is 1.24. The Bertz CT molecular complexity index is 390. The topological polar surface area (TPSA) is 51.2 Å². The van der Waals surface area contributed by atoms with Crippen LogP contribution in [0.3, 0.4) is 0 Å². The van der Waals surface area contributed by atoms with Crippen LogP contribution in [0.5, 0.6) is 0 Å². The normalized spacial score (nSPS) is 14.2. The highest BCUT2D eigenvalue weighted by Crippen LogP contribution is 2.33. The van der Waals surface area contributed by atoms with E-state index in [0.29, 0.717) is 0 Å². The Morgan fingerprint density at radius 3 is 3.46 bits per heavy atom. The summed E-state index contributed by atoms with van der Waals surface area (Å²) in [4.78, 5) is 0. The van der Waals surface area contributed by atoms with E-state index in [1.807, 2.05) is 6.07 Å². The van der Waals surface area contributed by atoms with E-state index in [2.05, 4.69) is 10.5 Å². The van der Waals surface area contributed by atoms with Crippen molar-refractivity contribution in [3.8, 4) is 11.3 Å². The third-order valence-corrected chi connectivity index (χ3v) is 2.23. The van der Waals surface area contributed by atoms with E-state index in [0.717, 1.165) is 35.7 Å². The van der Waals surface area contributed by atoms with Crippen LogP contribution < -0.4 is 5.32 Å². The molecule has 0 spiro atoms. The van der Waals surface area contributed by atoms with Crippen LogP contribution in [0.1, 0.15) is 5.56 Å². The number of anilines is 1. The second-order valence-corrected chi connectivity index (χ2v) is 3.02. The minimum absolute atomic E-state index is 0.774. The Morgan fingerprint density at radius 1 is 1.46 bits per heavy atom. The number of nitrogens with zero attached hydrogens (tertiary/aromatic N) is 1. The van der Waals surface area contributed by atoms with Gasteiger partial charge in [0.1, 0.15) is 0 Å². The van der Waals surface area contributed by atoms with Gasteiger partial charge in [0, 0.05) is 12.1 Å². The summed E-state index contributed by atoms with van der Waals surface area (Å²) in [6.45, 7) is 0.856. The predicted octanol–water partition coefficient (Wildman–Crippen LogP) is 1.90. The van der Waals surface area contributed by atoms with Crippen molar-refractivity contribution in [2.24, 2.45) is 0 Å². The molecule has 4 heteroatoms. The SMILES string of the molecule is c1cc2c(o1)NCCc1cnoc1-2. The first-order valence-corrected chi connectivity index (χ1v) is 4.20. The smallest absolute Gasteiger partial charge is 0.203 e. The second-order valence-electron chi connectivity index (χ2n) is 3.02. The molecule has 1 aliphatic heterocycles. The van der Waals surface area contributed by atoms with E-state index in [-0.39, 0.29) is 0 Å². The van der Waals surface area contributed by atoms with Gasteiger partial charge in [0.25, 0.3) is 0 Å². The number of hydrogen-bond donors (Lipinski definition) is 1. The molecule has 13 heavy (non-hydrogen) atoms. The number of furan rings is 1. The molecule has 1 aliphatic rings. The summed E-state index contributed by atoms with van der Waals surface area (Å²) < 4.78 is 10.4. The highest BCUT2D eigenvalue weighted by Gasteiger charge is 2.19. The van der Waals surface area contributed by atoms with E-state index in [1.54, 1.807) is 12.5 Å². The molecule has 0 amide bonds. The third kappa shape index (κ3) is 0.884. The van der Waals surface area contributed by atoms with Gasteiger partial charge in [0.15, 0.2) is 5.76 Å². The number of hydrogen-bond acceptors (Lipinski definition) is 4. The Labute approximate surface area is 74.5 Å². The fraction of sp³-hybridized carbons (Fsp3) is 0.222. The number of nitrogens with one attached hydrogen (secondary N) is 1. The van der Waals surface area contributed by atoms with Crippen LogP contribution in [0.25, 0.3) is 11.3 Å². The first-order chi connectivity index (χ1) is 6.45. The minimum atomic E-state index is 0.774. The largest absolute Gasteiger partial charge is 0.448 e. The third-order valence-electron chi connectivity index (χ3n) is 2.23. The standard InChI is InChI=1S/C9H8N2O2/c1-3-10-9-7(2-4-12-9)8-6(1)5-11-13-8/h2,4-5,10H,1,3H2. The van der Waals surface area contributed by atoms with E-state index >= 15 is 0 Å². The predicted molar refractivity (Wildman–Crippen MR) is 46.4 cm³/mol. The van der Waals surface area contributed by atoms with Crippen molar-refractivity contribution in [3.05, 3.63) is 24.1 Å². The Balaban J connectivity index is 2.27. The lowest BCUT2D eigenvalue weighted by Crippen LogP contribution is -2.01. The van der Waals surface area contributed by atoms with Crippen LogP contribution in [0.4, 0.5) is 5.88 Å². The van der Waals surface area contributed by atoms with Crippen molar-refractivity contribution in [2.75, 3.05) is 11.9 Å². The van der Waals surface area contributed by atoms with Crippen LogP contribution in [0, 0.1) is 0 Å². The van der Waals surface area contributed by atoms with Gasteiger partial charge in [0.05, 0.1) is 18.0 Å². The van der Waals surface area contributed by atoms with E-state index in [9.17, 15) is 0 Å². The van der Waals surface area contributed by atoms with Gasteiger partial charge in [-0.05, 0) is 12.5 Å². The van der Waals surface area contributed by atoms with E-state index in [4.69, 9.17) is 8.94 Å². The molecule has 0 saturated heterocycles. The first-order valence-electron chi connectivity index (χ1n) is 4.20. The van der Waals surface area contributed by atoms with Gasteiger partial charge in [-0.3, -0.25) is 0 Å². The molecule has 4 nitrogen and oxygen atoms in total. The van der Waals surface area contributed by atoms with Gasteiger partial charge < -0.3 is 14.3 Å². The average Bonchev–Trinajstić information content (AvgIpc) is 2.72. The van der Waals surface area contributed by atoms with Crippen LogP contribution >= 0.6 is 0 Å². The van der Waals surface area contributed by atoms with Gasteiger partial charge in [-0.1, -0.05) is 5.16 Å². The molecule has 0 bridgehead atoms. The van der Waals surface area contributed by atoms with Crippen molar-refractivity contribution in [2.45, 2.75) is 6.42 Å². The molecular formula is C9H8N2O2. The summed E-state index contributed by atoms with van der Waals surface area (Å²) in [5.41, 5.74) is 2.10. The zero-order valence-corrected chi connectivity index (χ0v) is 6.91. The van der Waals surface area contributed by atoms with Gasteiger partial charge in [-0.15, -0.1) is 0 Å². The molecule has 3 heterocycles. The fourth-order valence-electron chi connectivity index (χ4n) is 1.60. The number of rotatable bonds is 0. The van der Waals surface area contributed by atoms with Gasteiger partial charge in [-0.25, -0.2) is 0 Å². The molecule has 2 aromatic heterocycles. The average molecular weight is 176 g/mol. The molecule has 0 saturated carbocycles. The maximum atomic E-state index is 5.26. The highest BCUT2D eigenvalue weighted by atomic mass is 16.5. The summed E-state index contributed by atoms with van der Waals surface area (Å²) in [7, 11) is 0. The monoisotopic (exact) mass is 176 g/mol. The summed E-state index contributed by atoms with van der Waals surface area (Å²) in [5, 5.41) is 6.96. The van der Waals surface area contributed by atoms with Crippen molar-refractivity contribution in [1.82, 2.24) is 5.16 Å². The van der Waals surface area contributed by atoms with Crippen molar-refractivity contribution < 1.29 is 8.94 Å². The van der Waals surface area contributed by atoms with Crippen LogP contribution in [-0.2, 0) is 6.42 Å². The maximum absolute atomic E-state index is 5.26. The summed E-state index contributed by atoms with van der Waals surface area (Å²) in [5.74, 6) is 1.60. The van der Waals surface area contributed by atoms with Crippen molar-refractivity contribution in [1.29, 1.82) is 0 Å². The molecule has 0 atom stereocenters. The molecule has 66 valence electrons. The Hall–Kier alpha value is -1.71. The van der Waals surface area contributed by atoms with E-state index in [1.165, 1.54) is 0 Å². The number of fused-ring (bicyclic) bond motifs is 3. The molecule has 0 unspecified atom stereocenters. The number of aromatic nitrogens is 1. The molecular weight excluding hydrogens is 168 g/mol. The quantitative estimate of drug-likeness (QED) is 0.666. The van der Waals surface area contributed by atoms with Gasteiger partial charge in [-0.2, -0.15) is 0 Å². The Morgan fingerprint density at radius 2 is 2.46 bits per heavy atom. The fourth-order valence-corrected chi connectivity index (χ4v) is 1.60. The molecule has 0 aliphatic carbocycles. The maximum Gasteiger partial charge on any atom is 0.203 e. The molecule has 0 aromatic carbocycles. The lowest BCUT2D eigenvalue weighted by Gasteiger charge is -1.97. The van der Waals surface area contributed by atoms with Crippen LogP contribution in [-0.4, -0.2) is 11.7 Å². The summed E-state index contributed by atoms with van der Waals surface area (Å²) >= 11 is 0. The van der Waals surface area contributed by atoms with Crippen molar-refractivity contribution >= 4 is 5.88 Å². The summed E-state index contributed by atoms with van der Waals surface area (Å²) in [6, 6.07) is 1.89. The van der Waals surface area contributed by atoms with Crippen molar-refractivity contribution in [3.63, 3.8) is 0 Å². The lowest BCUT2D eigenvalue weighted by molar-refractivity contribution is 0.431.